The number of benzene rings is 1. The van der Waals surface area contributed by atoms with Crippen LogP contribution in [0.2, 0.25) is 5.02 Å². The predicted octanol–water partition coefficient (Wildman–Crippen LogP) is 1.75. The molecule has 0 aromatic heterocycles. The van der Waals surface area contributed by atoms with Crippen molar-refractivity contribution in [2.45, 2.75) is 12.8 Å². The van der Waals surface area contributed by atoms with Gasteiger partial charge in [0, 0.05) is 5.02 Å². The minimum Gasteiger partial charge on any atom is -0.296 e. The maximum Gasteiger partial charge on any atom is 0.372 e. The summed E-state index contributed by atoms with van der Waals surface area (Å²) in [6.45, 7) is 0. The fourth-order valence-corrected chi connectivity index (χ4v) is 1.15. The van der Waals surface area contributed by atoms with Crippen LogP contribution < -0.4 is 0 Å². The summed E-state index contributed by atoms with van der Waals surface area (Å²) in [5, 5.41) is 8.50. The lowest BCUT2D eigenvalue weighted by atomic mass is 10.2. The van der Waals surface area contributed by atoms with Crippen molar-refractivity contribution in [2.75, 3.05) is 0 Å². The van der Waals surface area contributed by atoms with Gasteiger partial charge in [-0.1, -0.05) is 11.6 Å². The van der Waals surface area contributed by atoms with E-state index in [0.29, 0.717) is 5.02 Å². The van der Waals surface area contributed by atoms with Gasteiger partial charge in [0.2, 0.25) is 0 Å². The second kappa shape index (κ2) is 7.34. The van der Waals surface area contributed by atoms with Crippen LogP contribution in [0.15, 0.2) is 24.3 Å². The molecule has 1 aromatic rings. The van der Waals surface area contributed by atoms with E-state index in [9.17, 15) is 14.4 Å². The molecule has 1 fully saturated rings. The Balaban J connectivity index is 0.000000200. The van der Waals surface area contributed by atoms with Gasteiger partial charge >= 0.3 is 17.9 Å². The zero-order valence-corrected chi connectivity index (χ0v) is 10.3. The molecule has 102 valence electrons. The third-order valence-electron chi connectivity index (χ3n) is 1.92. The van der Waals surface area contributed by atoms with E-state index in [-0.39, 0.29) is 18.4 Å². The Morgan fingerprint density at radius 3 is 1.95 bits per heavy atom. The van der Waals surface area contributed by atoms with E-state index < -0.39 is 17.9 Å². The number of carbonyl (C=O) groups is 3. The van der Waals surface area contributed by atoms with Crippen LogP contribution in [0.3, 0.4) is 0 Å². The third-order valence-corrected chi connectivity index (χ3v) is 2.18. The van der Waals surface area contributed by atoms with Gasteiger partial charge in [-0.05, 0) is 24.3 Å². The number of rotatable bonds is 1. The van der Waals surface area contributed by atoms with Gasteiger partial charge in [-0.15, -0.1) is 0 Å². The first-order chi connectivity index (χ1) is 9.02. The molecule has 1 heterocycles. The first kappa shape index (κ1) is 14.9. The van der Waals surface area contributed by atoms with Crippen LogP contribution in [0.4, 0.5) is 0 Å². The molecule has 1 aliphatic heterocycles. The average Bonchev–Trinajstić information content (AvgIpc) is 2.43. The normalized spacial score (nSPS) is 13.6. The largest absolute Gasteiger partial charge is 0.372 e. The van der Waals surface area contributed by atoms with Gasteiger partial charge in [0.05, 0.1) is 18.4 Å². The molecule has 1 saturated heterocycles. The Labute approximate surface area is 112 Å². The minimum atomic E-state index is -0.790. The number of halogens is 1. The molecule has 8 heteroatoms. The first-order valence-electron chi connectivity index (χ1n) is 5.04. The average molecular weight is 289 g/mol. The highest BCUT2D eigenvalue weighted by molar-refractivity contribution is 6.30. The van der Waals surface area contributed by atoms with Crippen molar-refractivity contribution in [3.63, 3.8) is 0 Å². The molecule has 0 atom stereocenters. The topological polar surface area (TPSA) is 99.1 Å². The molecule has 1 aromatic carbocycles. The fourth-order valence-electron chi connectivity index (χ4n) is 1.02. The molecule has 0 spiro atoms. The number of hydrogen-bond donors (Lipinski definition) is 1. The fraction of sp³-hybridized carbons (Fsp3) is 0.182. The Bertz CT molecular complexity index is 440. The van der Waals surface area contributed by atoms with E-state index >= 15 is 0 Å². The Kier molecular flexibility index (Phi) is 5.77. The highest BCUT2D eigenvalue weighted by atomic mass is 35.5. The molecule has 19 heavy (non-hydrogen) atoms. The summed E-state index contributed by atoms with van der Waals surface area (Å²) in [7, 11) is 0. The van der Waals surface area contributed by atoms with Crippen LogP contribution in [-0.4, -0.2) is 23.2 Å². The smallest absolute Gasteiger partial charge is 0.296 e. The van der Waals surface area contributed by atoms with Crippen LogP contribution in [-0.2, 0) is 24.3 Å². The summed E-state index contributed by atoms with van der Waals surface area (Å²) in [6, 6.07) is 5.99. The van der Waals surface area contributed by atoms with E-state index in [2.05, 4.69) is 14.7 Å². The summed E-state index contributed by atoms with van der Waals surface area (Å²) in [5.41, 5.74) is 0.261. The van der Waals surface area contributed by atoms with Gasteiger partial charge in [-0.25, -0.2) is 24.2 Å². The van der Waals surface area contributed by atoms with Crippen LogP contribution in [0.5, 0.6) is 0 Å². The monoisotopic (exact) mass is 288 g/mol. The van der Waals surface area contributed by atoms with E-state index in [4.69, 9.17) is 16.9 Å². The van der Waals surface area contributed by atoms with E-state index in [1.807, 2.05) is 0 Å². The van der Waals surface area contributed by atoms with Crippen molar-refractivity contribution in [3.8, 4) is 0 Å². The SMILES string of the molecule is O=C(OO)c1ccc(Cl)cc1.O=C1CCC(=O)OO1. The van der Waals surface area contributed by atoms with Gasteiger partial charge in [0.25, 0.3) is 0 Å². The highest BCUT2D eigenvalue weighted by Gasteiger charge is 2.17. The van der Waals surface area contributed by atoms with E-state index in [1.165, 1.54) is 24.3 Å². The van der Waals surface area contributed by atoms with Gasteiger partial charge in [-0.2, -0.15) is 5.26 Å². The molecule has 1 aliphatic rings. The van der Waals surface area contributed by atoms with Crippen molar-refractivity contribution in [2.24, 2.45) is 0 Å². The third kappa shape index (κ3) is 5.36. The lowest BCUT2D eigenvalue weighted by molar-refractivity contribution is -0.267. The van der Waals surface area contributed by atoms with Gasteiger partial charge in [0.1, 0.15) is 0 Å². The lowest BCUT2D eigenvalue weighted by Crippen LogP contribution is -2.18. The van der Waals surface area contributed by atoms with Crippen molar-refractivity contribution in [3.05, 3.63) is 34.9 Å². The lowest BCUT2D eigenvalue weighted by Gasteiger charge is -2.05. The molecule has 0 unspecified atom stereocenters. The molecule has 1 N–H and O–H groups in total. The number of hydrogen-bond acceptors (Lipinski definition) is 7. The first-order valence-corrected chi connectivity index (χ1v) is 5.42. The summed E-state index contributed by atoms with van der Waals surface area (Å²) >= 11 is 5.54. The summed E-state index contributed by atoms with van der Waals surface area (Å²) in [5.74, 6) is -1.75. The zero-order chi connectivity index (χ0) is 14.3. The molecule has 0 aliphatic carbocycles. The zero-order valence-electron chi connectivity index (χ0n) is 9.50. The number of carbonyl (C=O) groups excluding carboxylic acids is 3. The summed E-state index contributed by atoms with van der Waals surface area (Å²) in [4.78, 5) is 42.1. The van der Waals surface area contributed by atoms with E-state index in [1.54, 1.807) is 0 Å². The van der Waals surface area contributed by atoms with Gasteiger partial charge in [-0.3, -0.25) is 4.89 Å². The maximum atomic E-state index is 10.6. The Morgan fingerprint density at radius 2 is 1.58 bits per heavy atom. The minimum absolute atomic E-state index is 0.138. The molecule has 0 bridgehead atoms. The van der Waals surface area contributed by atoms with E-state index in [0.717, 1.165) is 0 Å². The molecule has 0 radical (unpaired) electrons. The summed E-state index contributed by atoms with van der Waals surface area (Å²) in [6.07, 6.45) is 0.275. The second-order valence-electron chi connectivity index (χ2n) is 3.30. The molecule has 7 nitrogen and oxygen atoms in total. The standard InChI is InChI=1S/C7H5ClO3.C4H4O4/c8-6-3-1-5(2-4-6)7(9)11-10;5-3-1-2-4(6)8-7-3/h1-4,10H;1-2H2. The van der Waals surface area contributed by atoms with Crippen molar-refractivity contribution >= 4 is 29.5 Å². The van der Waals surface area contributed by atoms with Crippen LogP contribution >= 0.6 is 11.6 Å². The Morgan fingerprint density at radius 1 is 1.11 bits per heavy atom. The maximum absolute atomic E-state index is 10.6. The van der Waals surface area contributed by atoms with Crippen molar-refractivity contribution in [1.82, 2.24) is 0 Å². The quantitative estimate of drug-likeness (QED) is 0.620. The summed E-state index contributed by atoms with van der Waals surface area (Å²) < 4.78 is 0. The van der Waals surface area contributed by atoms with Crippen LogP contribution in [0.1, 0.15) is 23.2 Å². The molecule has 0 amide bonds. The highest BCUT2D eigenvalue weighted by Crippen LogP contribution is 2.09. The van der Waals surface area contributed by atoms with Crippen molar-refractivity contribution < 1.29 is 34.3 Å². The second-order valence-corrected chi connectivity index (χ2v) is 3.73. The molecular weight excluding hydrogens is 280 g/mol. The predicted molar refractivity (Wildman–Crippen MR) is 60.9 cm³/mol. The van der Waals surface area contributed by atoms with Gasteiger partial charge < -0.3 is 0 Å². The van der Waals surface area contributed by atoms with Crippen LogP contribution in [0.25, 0.3) is 0 Å². The Hall–Kier alpha value is -2.12. The molecular formula is C11H9ClO7. The molecule has 2 rings (SSSR count). The van der Waals surface area contributed by atoms with Gasteiger partial charge in [0.15, 0.2) is 0 Å². The van der Waals surface area contributed by atoms with Crippen LogP contribution in [0, 0.1) is 0 Å². The molecule has 0 saturated carbocycles. The van der Waals surface area contributed by atoms with Crippen molar-refractivity contribution in [1.29, 1.82) is 0 Å².